The minimum atomic E-state index is -4.82. The number of ether oxygens (including phenoxy) is 1. The predicted molar refractivity (Wildman–Crippen MR) is 88.5 cm³/mol. The fourth-order valence-corrected chi connectivity index (χ4v) is 4.48. The molecule has 6 nitrogen and oxygen atoms in total. The van der Waals surface area contributed by atoms with Crippen LogP contribution in [-0.2, 0) is 10.0 Å². The van der Waals surface area contributed by atoms with Gasteiger partial charge in [-0.15, -0.1) is 24.5 Å². The first kappa shape index (κ1) is 18.3. The summed E-state index contributed by atoms with van der Waals surface area (Å²) in [5.74, 6) is -0.428. The minimum absolute atomic E-state index is 0.0329. The molecule has 0 spiro atoms. The van der Waals surface area contributed by atoms with Gasteiger partial charge in [-0.1, -0.05) is 5.16 Å². The molecule has 0 aliphatic carbocycles. The molecule has 26 heavy (non-hydrogen) atoms. The molecule has 1 N–H and O–H groups in total. The zero-order valence-electron chi connectivity index (χ0n) is 13.1. The maximum Gasteiger partial charge on any atom is 0.573 e. The molecule has 0 bridgehead atoms. The fraction of sp³-hybridized carbons (Fsp3) is 0.133. The number of hydrogen-bond acceptors (Lipinski definition) is 6. The van der Waals surface area contributed by atoms with Gasteiger partial charge in [-0.2, -0.15) is 0 Å². The molecular formula is C15H11F3N2O4S2. The van der Waals surface area contributed by atoms with Crippen LogP contribution in [0.2, 0.25) is 0 Å². The maximum atomic E-state index is 12.5. The van der Waals surface area contributed by atoms with Crippen molar-refractivity contribution in [3.8, 4) is 16.3 Å². The van der Waals surface area contributed by atoms with Crippen molar-refractivity contribution in [2.24, 2.45) is 0 Å². The molecule has 0 radical (unpaired) electrons. The highest BCUT2D eigenvalue weighted by Gasteiger charge is 2.31. The third-order valence-corrected chi connectivity index (χ3v) is 6.18. The molecule has 2 heterocycles. The van der Waals surface area contributed by atoms with Crippen molar-refractivity contribution in [2.75, 3.05) is 4.72 Å². The molecule has 0 aliphatic heterocycles. The van der Waals surface area contributed by atoms with Crippen LogP contribution in [0.1, 0.15) is 5.56 Å². The lowest BCUT2D eigenvalue weighted by Gasteiger charge is -2.13. The number of sulfonamides is 1. The molecule has 0 amide bonds. The molecule has 11 heteroatoms. The Hall–Kier alpha value is -2.53. The molecule has 0 fully saturated rings. The number of anilines is 1. The zero-order chi connectivity index (χ0) is 18.9. The van der Waals surface area contributed by atoms with Gasteiger partial charge in [0.05, 0.1) is 10.6 Å². The number of nitrogens with zero attached hydrogens (tertiary/aromatic N) is 1. The van der Waals surface area contributed by atoms with E-state index in [1.54, 1.807) is 12.1 Å². The topological polar surface area (TPSA) is 81.4 Å². The molecule has 3 aromatic rings. The van der Waals surface area contributed by atoms with Gasteiger partial charge in [0, 0.05) is 6.07 Å². The average Bonchev–Trinajstić information content (AvgIpc) is 3.18. The molecule has 0 aliphatic rings. The van der Waals surface area contributed by atoms with Gasteiger partial charge in [0.25, 0.3) is 10.0 Å². The Balaban J connectivity index is 1.81. The highest BCUT2D eigenvalue weighted by molar-refractivity contribution is 7.94. The van der Waals surface area contributed by atoms with Gasteiger partial charge in [0.1, 0.15) is 21.9 Å². The van der Waals surface area contributed by atoms with Gasteiger partial charge in [0.15, 0.2) is 0 Å². The number of aromatic nitrogens is 1. The summed E-state index contributed by atoms with van der Waals surface area (Å²) in [6, 6.07) is 7.94. The SMILES string of the molecule is Cc1cc(OC(F)(F)F)ccc1NS(=O)(=O)c1ccc(-c2ccon2)s1. The lowest BCUT2D eigenvalue weighted by Crippen LogP contribution is -2.17. The smallest absolute Gasteiger partial charge is 0.406 e. The highest BCUT2D eigenvalue weighted by atomic mass is 32.2. The normalized spacial score (nSPS) is 12.2. The average molecular weight is 404 g/mol. The predicted octanol–water partition coefficient (Wildman–Crippen LogP) is 4.41. The third-order valence-electron chi connectivity index (χ3n) is 3.21. The van der Waals surface area contributed by atoms with Crippen molar-refractivity contribution in [1.82, 2.24) is 5.16 Å². The first-order chi connectivity index (χ1) is 12.1. The second kappa shape index (κ2) is 6.65. The summed E-state index contributed by atoms with van der Waals surface area (Å²) in [6.45, 7) is 1.47. The number of rotatable bonds is 5. The Morgan fingerprint density at radius 2 is 1.96 bits per heavy atom. The summed E-state index contributed by atoms with van der Waals surface area (Å²) in [5.41, 5.74) is 0.931. The van der Waals surface area contributed by atoms with Crippen LogP contribution in [0.3, 0.4) is 0 Å². The van der Waals surface area contributed by atoms with Crippen LogP contribution in [0.4, 0.5) is 18.9 Å². The zero-order valence-corrected chi connectivity index (χ0v) is 14.7. The summed E-state index contributed by atoms with van der Waals surface area (Å²) >= 11 is 0.987. The number of benzene rings is 1. The second-order valence-electron chi connectivity index (χ2n) is 5.13. The molecule has 1 aromatic carbocycles. The summed E-state index contributed by atoms with van der Waals surface area (Å²) in [5, 5.41) is 3.73. The van der Waals surface area contributed by atoms with E-state index in [0.717, 1.165) is 23.5 Å². The van der Waals surface area contributed by atoms with E-state index < -0.39 is 22.1 Å². The largest absolute Gasteiger partial charge is 0.573 e. The van der Waals surface area contributed by atoms with E-state index >= 15 is 0 Å². The van der Waals surface area contributed by atoms with E-state index in [-0.39, 0.29) is 15.5 Å². The quantitative estimate of drug-likeness (QED) is 0.681. The summed E-state index contributed by atoms with van der Waals surface area (Å²) in [6.07, 6.45) is -3.45. The number of aryl methyl sites for hydroxylation is 1. The number of thiophene rings is 1. The Kier molecular flexibility index (Phi) is 4.67. The van der Waals surface area contributed by atoms with E-state index in [1.807, 2.05) is 0 Å². The Labute approximate surface area is 150 Å². The van der Waals surface area contributed by atoms with E-state index in [4.69, 9.17) is 4.52 Å². The minimum Gasteiger partial charge on any atom is -0.406 e. The molecule has 3 rings (SSSR count). The number of halogens is 3. The van der Waals surface area contributed by atoms with Crippen LogP contribution < -0.4 is 9.46 Å². The standard InChI is InChI=1S/C15H11F3N2O4S2/c1-9-8-10(24-15(16,17)18)2-3-11(9)20-26(21,22)14-5-4-13(25-14)12-6-7-23-19-12/h2-8,20H,1H3. The van der Waals surface area contributed by atoms with Crippen LogP contribution in [0.15, 0.2) is 51.4 Å². The molecule has 0 atom stereocenters. The second-order valence-corrected chi connectivity index (χ2v) is 8.13. The maximum absolute atomic E-state index is 12.5. The van der Waals surface area contributed by atoms with Gasteiger partial charge in [-0.25, -0.2) is 8.42 Å². The van der Waals surface area contributed by atoms with Crippen molar-refractivity contribution >= 4 is 27.0 Å². The van der Waals surface area contributed by atoms with Crippen molar-refractivity contribution in [3.63, 3.8) is 0 Å². The first-order valence-electron chi connectivity index (χ1n) is 7.04. The lowest BCUT2D eigenvalue weighted by atomic mass is 10.2. The van der Waals surface area contributed by atoms with E-state index in [9.17, 15) is 21.6 Å². The molecule has 2 aromatic heterocycles. The van der Waals surface area contributed by atoms with E-state index in [1.165, 1.54) is 25.3 Å². The van der Waals surface area contributed by atoms with Crippen LogP contribution in [0.25, 0.3) is 10.6 Å². The van der Waals surface area contributed by atoms with Crippen molar-refractivity contribution in [3.05, 3.63) is 48.2 Å². The Bertz CT molecular complexity index is 1010. The highest BCUT2D eigenvalue weighted by Crippen LogP contribution is 2.32. The van der Waals surface area contributed by atoms with Crippen molar-refractivity contribution in [1.29, 1.82) is 0 Å². The van der Waals surface area contributed by atoms with E-state index in [0.29, 0.717) is 10.6 Å². The Morgan fingerprint density at radius 3 is 2.58 bits per heavy atom. The molecule has 138 valence electrons. The van der Waals surface area contributed by atoms with Crippen LogP contribution in [0, 0.1) is 6.92 Å². The van der Waals surface area contributed by atoms with Crippen LogP contribution >= 0.6 is 11.3 Å². The molecule has 0 unspecified atom stereocenters. The van der Waals surface area contributed by atoms with E-state index in [2.05, 4.69) is 14.6 Å². The summed E-state index contributed by atoms with van der Waals surface area (Å²) < 4.78 is 72.6. The van der Waals surface area contributed by atoms with Crippen molar-refractivity contribution in [2.45, 2.75) is 17.5 Å². The van der Waals surface area contributed by atoms with Gasteiger partial charge in [-0.05, 0) is 42.8 Å². The molecule has 0 saturated heterocycles. The van der Waals surface area contributed by atoms with Gasteiger partial charge in [-0.3, -0.25) is 4.72 Å². The van der Waals surface area contributed by atoms with Gasteiger partial charge < -0.3 is 9.26 Å². The number of nitrogens with one attached hydrogen (secondary N) is 1. The molecular weight excluding hydrogens is 393 g/mol. The molecule has 0 saturated carbocycles. The van der Waals surface area contributed by atoms with Crippen LogP contribution in [0.5, 0.6) is 5.75 Å². The first-order valence-corrected chi connectivity index (χ1v) is 9.34. The van der Waals surface area contributed by atoms with Gasteiger partial charge >= 0.3 is 6.36 Å². The monoisotopic (exact) mass is 404 g/mol. The number of hydrogen-bond donors (Lipinski definition) is 1. The lowest BCUT2D eigenvalue weighted by molar-refractivity contribution is -0.274. The van der Waals surface area contributed by atoms with Crippen LogP contribution in [-0.4, -0.2) is 19.9 Å². The summed E-state index contributed by atoms with van der Waals surface area (Å²) in [4.78, 5) is 0.602. The van der Waals surface area contributed by atoms with Crippen molar-refractivity contribution < 1.29 is 30.8 Å². The van der Waals surface area contributed by atoms with Gasteiger partial charge in [0.2, 0.25) is 0 Å². The Morgan fingerprint density at radius 1 is 1.19 bits per heavy atom. The fourth-order valence-electron chi connectivity index (χ4n) is 2.08. The summed E-state index contributed by atoms with van der Waals surface area (Å²) in [7, 11) is -3.91. The third kappa shape index (κ3) is 4.17. The number of alkyl halides is 3.